The number of nitrogens with zero attached hydrogens (tertiary/aromatic N) is 1. The van der Waals surface area contributed by atoms with Gasteiger partial charge < -0.3 is 14.7 Å². The number of carbonyl (C=O) groups excluding carboxylic acids is 1. The molecule has 1 aliphatic heterocycles. The summed E-state index contributed by atoms with van der Waals surface area (Å²) in [5, 5.41) is 12.0. The summed E-state index contributed by atoms with van der Waals surface area (Å²) in [6.45, 7) is 4.01. The summed E-state index contributed by atoms with van der Waals surface area (Å²) in [5.41, 5.74) is 0.524. The quantitative estimate of drug-likeness (QED) is 0.927. The lowest BCUT2D eigenvalue weighted by Gasteiger charge is -2.56. The minimum atomic E-state index is -0.290. The van der Waals surface area contributed by atoms with Crippen molar-refractivity contribution in [1.29, 1.82) is 0 Å². The molecule has 1 spiro atoms. The van der Waals surface area contributed by atoms with Crippen LogP contribution in [0, 0.1) is 5.41 Å². The average molecular weight is 330 g/mol. The third kappa shape index (κ3) is 2.61. The van der Waals surface area contributed by atoms with Gasteiger partial charge in [0.25, 0.3) is 5.91 Å². The third-order valence-corrected chi connectivity index (χ3v) is 6.00. The fraction of sp³-hybridized carbons (Fsp3) is 0.667. The number of aliphatic hydroxyl groups is 1. The van der Waals surface area contributed by atoms with Gasteiger partial charge >= 0.3 is 0 Å². The van der Waals surface area contributed by atoms with Gasteiger partial charge in [0.05, 0.1) is 22.1 Å². The molecule has 1 saturated heterocycles. The van der Waals surface area contributed by atoms with E-state index in [1.54, 1.807) is 11.4 Å². The highest BCUT2D eigenvalue weighted by Gasteiger charge is 2.56. The van der Waals surface area contributed by atoms with Crippen molar-refractivity contribution in [3.8, 4) is 0 Å². The zero-order chi connectivity index (χ0) is 15.0. The Balaban J connectivity index is 1.63. The molecule has 1 aromatic rings. The zero-order valence-corrected chi connectivity index (χ0v) is 13.6. The molecule has 2 fully saturated rings. The molecule has 2 heterocycles. The van der Waals surface area contributed by atoms with Gasteiger partial charge in [-0.2, -0.15) is 0 Å². The second kappa shape index (κ2) is 5.88. The Hall–Kier alpha value is -0.620. The van der Waals surface area contributed by atoms with Crippen molar-refractivity contribution in [3.05, 3.63) is 21.3 Å². The maximum absolute atomic E-state index is 12.4. The van der Waals surface area contributed by atoms with Crippen molar-refractivity contribution in [3.63, 3.8) is 0 Å². The molecule has 116 valence electrons. The molecular weight excluding hydrogens is 310 g/mol. The number of rotatable bonds is 3. The minimum absolute atomic E-state index is 0.0368. The number of carbonyl (C=O) groups is 1. The topological polar surface area (TPSA) is 49.8 Å². The van der Waals surface area contributed by atoms with Gasteiger partial charge in [-0.3, -0.25) is 4.79 Å². The summed E-state index contributed by atoms with van der Waals surface area (Å²) in [4.78, 5) is 14.3. The number of likely N-dealkylation sites (tertiary alicyclic amines) is 1. The molecule has 4 nitrogen and oxygen atoms in total. The summed E-state index contributed by atoms with van der Waals surface area (Å²) in [5.74, 6) is 0.0368. The first kappa shape index (κ1) is 15.3. The van der Waals surface area contributed by atoms with Gasteiger partial charge in [-0.25, -0.2) is 0 Å². The summed E-state index contributed by atoms with van der Waals surface area (Å²) in [6.07, 6.45) is 2.19. The monoisotopic (exact) mass is 329 g/mol. The van der Waals surface area contributed by atoms with E-state index in [1.165, 1.54) is 11.3 Å². The molecule has 1 aliphatic carbocycles. The molecule has 0 radical (unpaired) electrons. The van der Waals surface area contributed by atoms with Crippen LogP contribution in [0.5, 0.6) is 0 Å². The number of hydrogen-bond acceptors (Lipinski definition) is 4. The summed E-state index contributed by atoms with van der Waals surface area (Å²) in [6, 6.07) is 1.72. The zero-order valence-electron chi connectivity index (χ0n) is 12.0. The molecule has 6 heteroatoms. The fourth-order valence-electron chi connectivity index (χ4n) is 3.55. The molecule has 0 aromatic carbocycles. The first-order chi connectivity index (χ1) is 10.1. The van der Waals surface area contributed by atoms with Crippen molar-refractivity contribution in [2.75, 3.05) is 19.7 Å². The number of ether oxygens (including phenoxy) is 1. The van der Waals surface area contributed by atoms with Crippen LogP contribution in [-0.2, 0) is 4.74 Å². The van der Waals surface area contributed by atoms with Gasteiger partial charge in [0.2, 0.25) is 0 Å². The number of thiophene rings is 1. The fourth-order valence-corrected chi connectivity index (χ4v) is 4.40. The molecule has 1 aromatic heterocycles. The van der Waals surface area contributed by atoms with Crippen molar-refractivity contribution >= 4 is 28.8 Å². The summed E-state index contributed by atoms with van der Waals surface area (Å²) < 4.78 is 6.38. The second-order valence-corrected chi connectivity index (χ2v) is 7.40. The Kier molecular flexibility index (Phi) is 4.28. The van der Waals surface area contributed by atoms with Gasteiger partial charge in [0.1, 0.15) is 0 Å². The first-order valence-electron chi connectivity index (χ1n) is 7.40. The van der Waals surface area contributed by atoms with E-state index in [9.17, 15) is 9.90 Å². The molecule has 3 rings (SSSR count). The third-order valence-electron chi connectivity index (χ3n) is 4.91. The van der Waals surface area contributed by atoms with E-state index >= 15 is 0 Å². The predicted octanol–water partition coefficient (Wildman–Crippen LogP) is 2.79. The Morgan fingerprint density at radius 3 is 2.81 bits per heavy atom. The molecule has 0 bridgehead atoms. The van der Waals surface area contributed by atoms with Crippen molar-refractivity contribution in [2.24, 2.45) is 5.41 Å². The Labute approximate surface area is 133 Å². The van der Waals surface area contributed by atoms with E-state index in [0.29, 0.717) is 29.6 Å². The highest BCUT2D eigenvalue weighted by molar-refractivity contribution is 7.14. The molecule has 1 saturated carbocycles. The molecule has 2 atom stereocenters. The largest absolute Gasteiger partial charge is 0.392 e. The van der Waals surface area contributed by atoms with Gasteiger partial charge in [0, 0.05) is 36.9 Å². The smallest absolute Gasteiger partial charge is 0.254 e. The highest BCUT2D eigenvalue weighted by Crippen LogP contribution is 2.51. The first-order valence-corrected chi connectivity index (χ1v) is 8.65. The Morgan fingerprint density at radius 2 is 2.29 bits per heavy atom. The SMILES string of the molecule is CCO[C@H]1C[C@@H](O)C12CCN(C(=O)c1csc(Cl)c1)CC2. The van der Waals surface area contributed by atoms with Crippen LogP contribution in [-0.4, -0.2) is 47.8 Å². The lowest BCUT2D eigenvalue weighted by atomic mass is 9.58. The summed E-state index contributed by atoms with van der Waals surface area (Å²) in [7, 11) is 0. The van der Waals surface area contributed by atoms with Crippen LogP contribution in [0.15, 0.2) is 11.4 Å². The minimum Gasteiger partial charge on any atom is -0.392 e. The van der Waals surface area contributed by atoms with E-state index in [1.807, 2.05) is 11.8 Å². The van der Waals surface area contributed by atoms with Crippen LogP contribution in [0.25, 0.3) is 0 Å². The van der Waals surface area contributed by atoms with Gasteiger partial charge in [0.15, 0.2) is 0 Å². The van der Waals surface area contributed by atoms with E-state index in [4.69, 9.17) is 16.3 Å². The van der Waals surface area contributed by atoms with Gasteiger partial charge in [-0.05, 0) is 25.8 Å². The van der Waals surface area contributed by atoms with E-state index in [2.05, 4.69) is 0 Å². The molecule has 2 aliphatic rings. The van der Waals surface area contributed by atoms with E-state index in [0.717, 1.165) is 19.3 Å². The number of hydrogen-bond donors (Lipinski definition) is 1. The van der Waals surface area contributed by atoms with Crippen LogP contribution < -0.4 is 0 Å². The molecule has 0 unspecified atom stereocenters. The number of amides is 1. The number of aliphatic hydroxyl groups excluding tert-OH is 1. The van der Waals surface area contributed by atoms with Crippen LogP contribution in [0.1, 0.15) is 36.5 Å². The number of piperidine rings is 1. The van der Waals surface area contributed by atoms with Crippen molar-refractivity contribution in [2.45, 2.75) is 38.4 Å². The molecule has 21 heavy (non-hydrogen) atoms. The lowest BCUT2D eigenvalue weighted by molar-refractivity contribution is -0.207. The normalized spacial score (nSPS) is 27.7. The predicted molar refractivity (Wildman–Crippen MR) is 82.9 cm³/mol. The standard InChI is InChI=1S/C15H20ClNO3S/c1-2-20-12-8-11(18)15(12)3-5-17(6-4-15)14(19)10-7-13(16)21-9-10/h7,9,11-12,18H,2-6,8H2,1H3/t11-,12+/m1/s1. The van der Waals surface area contributed by atoms with Crippen LogP contribution in [0.3, 0.4) is 0 Å². The molecule has 1 N–H and O–H groups in total. The number of halogens is 1. The van der Waals surface area contributed by atoms with E-state index in [-0.39, 0.29) is 23.5 Å². The van der Waals surface area contributed by atoms with Crippen LogP contribution in [0.4, 0.5) is 0 Å². The maximum atomic E-state index is 12.4. The lowest BCUT2D eigenvalue weighted by Crippen LogP contribution is -2.62. The molecule has 1 amide bonds. The van der Waals surface area contributed by atoms with Crippen molar-refractivity contribution < 1.29 is 14.6 Å². The second-order valence-electron chi connectivity index (χ2n) is 5.86. The van der Waals surface area contributed by atoms with E-state index < -0.39 is 0 Å². The highest BCUT2D eigenvalue weighted by atomic mass is 35.5. The van der Waals surface area contributed by atoms with Gasteiger partial charge in [-0.15, -0.1) is 11.3 Å². The molecular formula is C15H20ClNO3S. The maximum Gasteiger partial charge on any atom is 0.254 e. The van der Waals surface area contributed by atoms with Crippen LogP contribution in [0.2, 0.25) is 4.34 Å². The van der Waals surface area contributed by atoms with Gasteiger partial charge in [-0.1, -0.05) is 11.6 Å². The van der Waals surface area contributed by atoms with Crippen LogP contribution >= 0.6 is 22.9 Å². The summed E-state index contributed by atoms with van der Waals surface area (Å²) >= 11 is 7.27. The average Bonchev–Trinajstić information content (AvgIpc) is 2.93. The Morgan fingerprint density at radius 1 is 1.57 bits per heavy atom. The van der Waals surface area contributed by atoms with Crippen molar-refractivity contribution in [1.82, 2.24) is 4.90 Å². The Bertz CT molecular complexity index is 523.